The van der Waals surface area contributed by atoms with Gasteiger partial charge in [0.1, 0.15) is 5.82 Å². The van der Waals surface area contributed by atoms with Crippen LogP contribution in [0.4, 0.5) is 24.7 Å². The number of carbonyl (C=O) groups is 1. The van der Waals surface area contributed by atoms with E-state index in [0.29, 0.717) is 25.2 Å². The van der Waals surface area contributed by atoms with E-state index in [-0.39, 0.29) is 0 Å². The second kappa shape index (κ2) is 8.38. The van der Waals surface area contributed by atoms with Crippen molar-refractivity contribution in [2.24, 2.45) is 5.73 Å². The third-order valence-corrected chi connectivity index (χ3v) is 5.92. The summed E-state index contributed by atoms with van der Waals surface area (Å²) < 4.78 is 38.6. The van der Waals surface area contributed by atoms with Crippen LogP contribution in [0.3, 0.4) is 0 Å². The molecule has 1 saturated carbocycles. The van der Waals surface area contributed by atoms with E-state index in [1.807, 2.05) is 24.0 Å². The molecule has 2 heterocycles. The van der Waals surface area contributed by atoms with Gasteiger partial charge >= 0.3 is 12.1 Å². The Bertz CT molecular complexity index is 721. The van der Waals surface area contributed by atoms with E-state index in [9.17, 15) is 18.0 Å². The molecule has 1 aromatic heterocycles. The maximum absolute atomic E-state index is 12.9. The molecule has 1 aliphatic carbocycles. The highest BCUT2D eigenvalue weighted by molar-refractivity contribution is 5.82. The van der Waals surface area contributed by atoms with E-state index in [1.54, 1.807) is 13.8 Å². The number of nitrogens with two attached hydrogens (primary N) is 1. The molecule has 162 valence electrons. The Labute approximate surface area is 169 Å². The van der Waals surface area contributed by atoms with Crippen molar-refractivity contribution in [2.75, 3.05) is 23.3 Å². The molecule has 6 nitrogen and oxygen atoms in total. The van der Waals surface area contributed by atoms with Crippen molar-refractivity contribution in [1.82, 2.24) is 9.88 Å². The number of carbonyl (C=O) groups excluding carboxylic acids is 1. The molecular weight excluding hydrogens is 383 g/mol. The van der Waals surface area contributed by atoms with Crippen LogP contribution in [0.5, 0.6) is 0 Å². The number of anilines is 2. The Hall–Kier alpha value is -2.03. The maximum atomic E-state index is 12.9. The lowest BCUT2D eigenvalue weighted by Gasteiger charge is -2.45. The molecule has 2 aliphatic rings. The Morgan fingerprint density at radius 1 is 1.14 bits per heavy atom. The van der Waals surface area contributed by atoms with E-state index in [2.05, 4.69) is 10.3 Å². The lowest BCUT2D eigenvalue weighted by atomic mass is 9.91. The third-order valence-electron chi connectivity index (χ3n) is 5.92. The smallest absolute Gasteiger partial charge is 0.381 e. The summed E-state index contributed by atoms with van der Waals surface area (Å²) in [5.41, 5.74) is 7.79. The van der Waals surface area contributed by atoms with Gasteiger partial charge in [-0.05, 0) is 58.6 Å². The average Bonchev–Trinajstić information content (AvgIpc) is 2.63. The zero-order valence-corrected chi connectivity index (χ0v) is 17.2. The zero-order chi connectivity index (χ0) is 21.3. The molecule has 1 amide bonds. The Kier molecular flexibility index (Phi) is 6.26. The van der Waals surface area contributed by atoms with Crippen LogP contribution in [-0.2, 0) is 4.79 Å². The van der Waals surface area contributed by atoms with Crippen LogP contribution in [-0.4, -0.2) is 59.2 Å². The van der Waals surface area contributed by atoms with Gasteiger partial charge in [-0.15, -0.1) is 0 Å². The number of aromatic nitrogens is 1. The number of pyridine rings is 1. The number of nitrogens with one attached hydrogen (secondary N) is 1. The van der Waals surface area contributed by atoms with Crippen molar-refractivity contribution in [3.63, 3.8) is 0 Å². The minimum absolute atomic E-state index is 0.293. The van der Waals surface area contributed by atoms with Crippen LogP contribution in [0.2, 0.25) is 0 Å². The summed E-state index contributed by atoms with van der Waals surface area (Å²) >= 11 is 0. The highest BCUT2D eigenvalue weighted by Crippen LogP contribution is 2.29. The molecule has 29 heavy (non-hydrogen) atoms. The van der Waals surface area contributed by atoms with E-state index in [0.717, 1.165) is 47.8 Å². The fraction of sp³-hybridized carbons (Fsp3) is 0.700. The predicted octanol–water partition coefficient (Wildman–Crippen LogP) is 3.06. The van der Waals surface area contributed by atoms with Gasteiger partial charge in [0.2, 0.25) is 0 Å². The quantitative estimate of drug-likeness (QED) is 0.797. The van der Waals surface area contributed by atoms with Gasteiger partial charge in [-0.1, -0.05) is 0 Å². The molecule has 3 N–H and O–H groups in total. The van der Waals surface area contributed by atoms with Gasteiger partial charge in [-0.2, -0.15) is 13.2 Å². The molecule has 2 unspecified atom stereocenters. The average molecular weight is 413 g/mol. The van der Waals surface area contributed by atoms with Crippen molar-refractivity contribution in [2.45, 2.75) is 76.8 Å². The van der Waals surface area contributed by atoms with Crippen molar-refractivity contribution in [1.29, 1.82) is 0 Å². The number of amides is 1. The lowest BCUT2D eigenvalue weighted by Crippen LogP contribution is -2.61. The number of piperazine rings is 1. The van der Waals surface area contributed by atoms with Gasteiger partial charge in [0, 0.05) is 37.3 Å². The molecule has 0 spiro atoms. The van der Waals surface area contributed by atoms with Crippen molar-refractivity contribution in [3.8, 4) is 0 Å². The number of nitrogens with zero attached hydrogens (tertiary/aromatic N) is 3. The first-order chi connectivity index (χ1) is 13.6. The number of alkyl halides is 3. The van der Waals surface area contributed by atoms with Crippen LogP contribution >= 0.6 is 0 Å². The summed E-state index contributed by atoms with van der Waals surface area (Å²) in [6, 6.07) is 3.44. The Balaban J connectivity index is 1.67. The molecule has 0 radical (unpaired) electrons. The second-order valence-corrected chi connectivity index (χ2v) is 8.37. The van der Waals surface area contributed by atoms with Gasteiger partial charge in [-0.25, -0.2) is 4.98 Å². The van der Waals surface area contributed by atoms with E-state index in [4.69, 9.17) is 5.73 Å². The molecular formula is C20H30F3N5O. The maximum Gasteiger partial charge on any atom is 0.471 e. The molecule has 0 bridgehead atoms. The predicted molar refractivity (Wildman–Crippen MR) is 107 cm³/mol. The fourth-order valence-corrected chi connectivity index (χ4v) is 4.42. The molecule has 1 aromatic rings. The van der Waals surface area contributed by atoms with Crippen LogP contribution < -0.4 is 16.0 Å². The summed E-state index contributed by atoms with van der Waals surface area (Å²) in [6.07, 6.45) is -0.757. The summed E-state index contributed by atoms with van der Waals surface area (Å²) in [5.74, 6) is -1.05. The molecule has 9 heteroatoms. The van der Waals surface area contributed by atoms with E-state index >= 15 is 0 Å². The van der Waals surface area contributed by atoms with Gasteiger partial charge in [0.05, 0.1) is 11.4 Å². The largest absolute Gasteiger partial charge is 0.471 e. The third kappa shape index (κ3) is 4.94. The van der Waals surface area contributed by atoms with Crippen LogP contribution in [0, 0.1) is 6.92 Å². The number of hydrogen-bond donors (Lipinski definition) is 2. The van der Waals surface area contributed by atoms with E-state index in [1.165, 1.54) is 0 Å². The highest BCUT2D eigenvalue weighted by atomic mass is 19.4. The second-order valence-electron chi connectivity index (χ2n) is 8.37. The topological polar surface area (TPSA) is 74.5 Å². The summed E-state index contributed by atoms with van der Waals surface area (Å²) in [4.78, 5) is 19.3. The van der Waals surface area contributed by atoms with Gasteiger partial charge in [-0.3, -0.25) is 4.79 Å². The molecule has 3 rings (SSSR count). The van der Waals surface area contributed by atoms with Gasteiger partial charge in [0.15, 0.2) is 0 Å². The number of rotatable bonds is 3. The van der Waals surface area contributed by atoms with E-state index < -0.39 is 24.2 Å². The van der Waals surface area contributed by atoms with Gasteiger partial charge in [0.25, 0.3) is 0 Å². The van der Waals surface area contributed by atoms with Crippen LogP contribution in [0.15, 0.2) is 12.1 Å². The van der Waals surface area contributed by atoms with Crippen LogP contribution in [0.1, 0.15) is 45.2 Å². The van der Waals surface area contributed by atoms with Crippen molar-refractivity contribution < 1.29 is 18.0 Å². The first kappa shape index (κ1) is 21.7. The molecule has 0 aromatic carbocycles. The molecule has 2 atom stereocenters. The summed E-state index contributed by atoms with van der Waals surface area (Å²) in [7, 11) is 0. The standard InChI is InChI=1S/C20H30F3N5O/c1-12-10-27(11-13(2)28(12)19(29)20(21,22)23)18-9-8-17(14(3)25-18)26-16-6-4-15(24)5-7-16/h8-9,12-13,15-16,26H,4-7,10-11,24H2,1-3H3. The minimum Gasteiger partial charge on any atom is -0.381 e. The van der Waals surface area contributed by atoms with Gasteiger partial charge < -0.3 is 20.9 Å². The number of aryl methyl sites for hydroxylation is 1. The summed E-state index contributed by atoms with van der Waals surface area (Å²) in [5, 5.41) is 3.54. The monoisotopic (exact) mass is 413 g/mol. The fourth-order valence-electron chi connectivity index (χ4n) is 4.42. The van der Waals surface area contributed by atoms with Crippen molar-refractivity contribution in [3.05, 3.63) is 17.8 Å². The number of hydrogen-bond acceptors (Lipinski definition) is 5. The molecule has 1 aliphatic heterocycles. The zero-order valence-electron chi connectivity index (χ0n) is 17.2. The normalized spacial score (nSPS) is 28.4. The lowest BCUT2D eigenvalue weighted by molar-refractivity contribution is -0.190. The first-order valence-corrected chi connectivity index (χ1v) is 10.2. The minimum atomic E-state index is -4.85. The first-order valence-electron chi connectivity index (χ1n) is 10.2. The Morgan fingerprint density at radius 3 is 2.24 bits per heavy atom. The van der Waals surface area contributed by atoms with Crippen LogP contribution in [0.25, 0.3) is 0 Å². The Morgan fingerprint density at radius 2 is 1.72 bits per heavy atom. The SMILES string of the molecule is Cc1nc(N2CC(C)N(C(=O)C(F)(F)F)C(C)C2)ccc1NC1CCC(N)CC1. The molecule has 1 saturated heterocycles. The highest BCUT2D eigenvalue weighted by Gasteiger charge is 2.47. The number of halogens is 3. The molecule has 2 fully saturated rings. The van der Waals surface area contributed by atoms with Crippen molar-refractivity contribution >= 4 is 17.4 Å². The summed E-state index contributed by atoms with van der Waals surface area (Å²) in [6.45, 7) is 5.83.